The molecule has 0 aromatic heterocycles. The molecule has 8 heteroatoms. The summed E-state index contributed by atoms with van der Waals surface area (Å²) >= 11 is 3.22. The number of benzene rings is 1. The molecule has 0 bridgehead atoms. The van der Waals surface area contributed by atoms with Gasteiger partial charge in [0.1, 0.15) is 0 Å². The van der Waals surface area contributed by atoms with Gasteiger partial charge in [0.25, 0.3) is 5.91 Å². The Kier molecular flexibility index (Phi) is 4.79. The number of hydrogen-bond acceptors (Lipinski definition) is 4. The Morgan fingerprint density at radius 3 is 2.75 bits per heavy atom. The van der Waals surface area contributed by atoms with Crippen LogP contribution in [0.3, 0.4) is 0 Å². The molecule has 110 valence electrons. The van der Waals surface area contributed by atoms with E-state index >= 15 is 0 Å². The fraction of sp³-hybridized carbons (Fsp3) is 0.417. The van der Waals surface area contributed by atoms with Crippen molar-refractivity contribution in [2.24, 2.45) is 0 Å². The number of halogens is 1. The van der Waals surface area contributed by atoms with Gasteiger partial charge in [-0.05, 0) is 53.9 Å². The zero-order valence-corrected chi connectivity index (χ0v) is 13.3. The van der Waals surface area contributed by atoms with Gasteiger partial charge in [0.2, 0.25) is 10.0 Å². The molecule has 1 aliphatic rings. The topological polar surface area (TPSA) is 84.5 Å². The molecule has 0 saturated heterocycles. The molecule has 0 unspecified atom stereocenters. The first-order valence-electron chi connectivity index (χ1n) is 6.18. The maximum Gasteiger partial charge on any atom is 0.276 e. The van der Waals surface area contributed by atoms with Crippen molar-refractivity contribution in [2.45, 2.75) is 30.7 Å². The molecule has 0 atom stereocenters. The number of amides is 1. The largest absolute Gasteiger partial charge is 0.276 e. The number of hydrogen-bond donors (Lipinski definition) is 2. The van der Waals surface area contributed by atoms with Crippen LogP contribution in [-0.2, 0) is 14.9 Å². The maximum absolute atomic E-state index is 12.1. The summed E-state index contributed by atoms with van der Waals surface area (Å²) in [4.78, 5) is 16.7. The second-order valence-electron chi connectivity index (χ2n) is 4.40. The van der Waals surface area contributed by atoms with E-state index in [1.807, 2.05) is 0 Å². The molecule has 1 aromatic carbocycles. The summed E-state index contributed by atoms with van der Waals surface area (Å²) in [5.41, 5.74) is 2.44. The molecule has 2 rings (SSSR count). The van der Waals surface area contributed by atoms with Gasteiger partial charge in [-0.25, -0.2) is 18.6 Å². The fourth-order valence-corrected chi connectivity index (χ4v) is 3.28. The second-order valence-corrected chi connectivity index (χ2v) is 6.97. The minimum absolute atomic E-state index is 0.0179. The van der Waals surface area contributed by atoms with E-state index in [0.29, 0.717) is 11.1 Å². The third-order valence-corrected chi connectivity index (χ3v) is 4.91. The predicted octanol–water partition coefficient (Wildman–Crippen LogP) is 1.57. The maximum atomic E-state index is 12.1. The van der Waals surface area contributed by atoms with E-state index < -0.39 is 15.9 Å². The van der Waals surface area contributed by atoms with Gasteiger partial charge < -0.3 is 0 Å². The average molecular weight is 363 g/mol. The molecule has 1 fully saturated rings. The Balaban J connectivity index is 2.25. The van der Waals surface area contributed by atoms with Crippen LogP contribution < -0.4 is 10.2 Å². The first-order chi connectivity index (χ1) is 9.44. The molecule has 1 aliphatic carbocycles. The molecule has 0 radical (unpaired) electrons. The summed E-state index contributed by atoms with van der Waals surface area (Å²) in [5, 5.41) is 0. The van der Waals surface area contributed by atoms with Crippen LogP contribution in [0.4, 0.5) is 0 Å². The third kappa shape index (κ3) is 3.78. The molecule has 20 heavy (non-hydrogen) atoms. The highest BCUT2D eigenvalue weighted by Crippen LogP contribution is 2.25. The Morgan fingerprint density at radius 2 is 2.15 bits per heavy atom. The van der Waals surface area contributed by atoms with Gasteiger partial charge in [-0.15, -0.1) is 0 Å². The number of rotatable bonds is 6. The first kappa shape index (κ1) is 15.4. The van der Waals surface area contributed by atoms with Crippen molar-refractivity contribution in [3.63, 3.8) is 0 Å². The molecule has 0 heterocycles. The van der Waals surface area contributed by atoms with Crippen LogP contribution in [-0.4, -0.2) is 27.0 Å². The first-order valence-corrected chi connectivity index (χ1v) is 8.45. The van der Waals surface area contributed by atoms with E-state index in [1.165, 1.54) is 18.2 Å². The van der Waals surface area contributed by atoms with E-state index in [4.69, 9.17) is 4.84 Å². The van der Waals surface area contributed by atoms with Crippen LogP contribution in [0.2, 0.25) is 0 Å². The Morgan fingerprint density at radius 1 is 1.45 bits per heavy atom. The highest BCUT2D eigenvalue weighted by molar-refractivity contribution is 9.10. The van der Waals surface area contributed by atoms with E-state index in [-0.39, 0.29) is 16.5 Å². The number of sulfonamides is 1. The lowest BCUT2D eigenvalue weighted by molar-refractivity contribution is 0.0363. The molecule has 1 aromatic rings. The third-order valence-electron chi connectivity index (χ3n) is 2.70. The van der Waals surface area contributed by atoms with Crippen LogP contribution in [0.5, 0.6) is 0 Å². The monoisotopic (exact) mass is 362 g/mol. The highest BCUT2D eigenvalue weighted by Gasteiger charge is 2.28. The molecule has 2 N–H and O–H groups in total. The van der Waals surface area contributed by atoms with Crippen LogP contribution >= 0.6 is 15.9 Å². The molecule has 0 aliphatic heterocycles. The Hall–Kier alpha value is -0.960. The molecule has 0 spiro atoms. The van der Waals surface area contributed by atoms with Gasteiger partial charge in [0.05, 0.1) is 17.1 Å². The van der Waals surface area contributed by atoms with E-state index in [9.17, 15) is 13.2 Å². The SMILES string of the molecule is CCONC(=O)c1cc(S(=O)(=O)NC2CC2)ccc1Br. The minimum atomic E-state index is -3.58. The summed E-state index contributed by atoms with van der Waals surface area (Å²) in [6.07, 6.45) is 1.71. The van der Waals surface area contributed by atoms with Crippen molar-refractivity contribution in [1.29, 1.82) is 0 Å². The number of carbonyl (C=O) groups is 1. The normalized spacial score (nSPS) is 15.1. The summed E-state index contributed by atoms with van der Waals surface area (Å²) in [6.45, 7) is 2.06. The second kappa shape index (κ2) is 6.21. The van der Waals surface area contributed by atoms with Crippen molar-refractivity contribution in [3.8, 4) is 0 Å². The Bertz CT molecular complexity index is 614. The number of nitrogens with one attached hydrogen (secondary N) is 2. The quantitative estimate of drug-likeness (QED) is 0.752. The number of hydroxylamine groups is 1. The number of carbonyl (C=O) groups excluding carboxylic acids is 1. The molecular formula is C12H15BrN2O4S. The zero-order valence-electron chi connectivity index (χ0n) is 10.8. The lowest BCUT2D eigenvalue weighted by Gasteiger charge is -2.09. The van der Waals surface area contributed by atoms with E-state index in [2.05, 4.69) is 26.1 Å². The van der Waals surface area contributed by atoms with Gasteiger partial charge in [-0.3, -0.25) is 9.63 Å². The average Bonchev–Trinajstić information content (AvgIpc) is 3.19. The van der Waals surface area contributed by atoms with E-state index in [1.54, 1.807) is 6.92 Å². The van der Waals surface area contributed by atoms with Gasteiger partial charge in [-0.2, -0.15) is 0 Å². The molecular weight excluding hydrogens is 348 g/mol. The molecule has 6 nitrogen and oxygen atoms in total. The predicted molar refractivity (Wildman–Crippen MR) is 76.6 cm³/mol. The van der Waals surface area contributed by atoms with Crippen molar-refractivity contribution < 1.29 is 18.0 Å². The van der Waals surface area contributed by atoms with Crippen molar-refractivity contribution in [3.05, 3.63) is 28.2 Å². The van der Waals surface area contributed by atoms with Crippen LogP contribution in [0.25, 0.3) is 0 Å². The molecule has 1 saturated carbocycles. The zero-order chi connectivity index (χ0) is 14.8. The Labute approximate surface area is 126 Å². The van der Waals surface area contributed by atoms with Gasteiger partial charge in [0, 0.05) is 10.5 Å². The van der Waals surface area contributed by atoms with Crippen LogP contribution in [0, 0.1) is 0 Å². The van der Waals surface area contributed by atoms with Crippen molar-refractivity contribution in [2.75, 3.05) is 6.61 Å². The van der Waals surface area contributed by atoms with Crippen LogP contribution in [0.15, 0.2) is 27.6 Å². The standard InChI is InChI=1S/C12H15BrN2O4S/c1-2-19-14-12(16)10-7-9(5-6-11(10)13)20(17,18)15-8-3-4-8/h5-8,15H,2-4H2,1H3,(H,14,16). The lowest BCUT2D eigenvalue weighted by atomic mass is 10.2. The highest BCUT2D eigenvalue weighted by atomic mass is 79.9. The van der Waals surface area contributed by atoms with Gasteiger partial charge >= 0.3 is 0 Å². The fourth-order valence-electron chi connectivity index (χ4n) is 1.53. The van der Waals surface area contributed by atoms with E-state index in [0.717, 1.165) is 12.8 Å². The lowest BCUT2D eigenvalue weighted by Crippen LogP contribution is -2.27. The minimum Gasteiger partial charge on any atom is -0.274 e. The van der Waals surface area contributed by atoms with Gasteiger partial charge in [0.15, 0.2) is 0 Å². The van der Waals surface area contributed by atoms with Crippen molar-refractivity contribution >= 4 is 31.9 Å². The smallest absolute Gasteiger partial charge is 0.274 e. The van der Waals surface area contributed by atoms with Crippen molar-refractivity contribution in [1.82, 2.24) is 10.2 Å². The van der Waals surface area contributed by atoms with Crippen LogP contribution in [0.1, 0.15) is 30.1 Å². The van der Waals surface area contributed by atoms with Gasteiger partial charge in [-0.1, -0.05) is 0 Å². The molecule has 1 amide bonds. The summed E-state index contributed by atoms with van der Waals surface area (Å²) in [6, 6.07) is 4.32. The summed E-state index contributed by atoms with van der Waals surface area (Å²) in [5.74, 6) is -0.498. The summed E-state index contributed by atoms with van der Waals surface area (Å²) in [7, 11) is -3.58. The summed E-state index contributed by atoms with van der Waals surface area (Å²) < 4.78 is 27.3.